The average molecular weight is 2100 g/mol. The molecule has 0 atom stereocenters. The predicted octanol–water partition coefficient (Wildman–Crippen LogP) is 27.7. The van der Waals surface area contributed by atoms with Gasteiger partial charge in [-0.05, 0) is 146 Å². The zero-order chi connectivity index (χ0) is 90.9. The molecule has 24 heteroatoms. The van der Waals surface area contributed by atoms with E-state index in [-0.39, 0.29) is 154 Å². The summed E-state index contributed by atoms with van der Waals surface area (Å²) in [7, 11) is 0. The fraction of sp³-hybridized carbons (Fsp3) is 0.353. The molecule has 1 aliphatic carbocycles. The van der Waals surface area contributed by atoms with Crippen molar-refractivity contribution >= 4 is 126 Å². The second kappa shape index (κ2) is 63.0. The molecule has 18 nitrogen and oxygen atoms in total. The molecule has 0 amide bonds. The number of aliphatic imine (C=N–C) groups is 4. The molecule has 12 rings (SSSR count). The topological polar surface area (TPSA) is 268 Å². The number of allylic oxidation sites excluding steroid dienone is 6. The number of nitrogens with zero attached hydrogens (tertiary/aromatic N) is 10. The number of rotatable bonds is 19. The number of nitrogens with one attached hydrogen (secondary N) is 6. The Morgan fingerprint density at radius 2 is 0.730 bits per heavy atom. The van der Waals surface area contributed by atoms with E-state index in [9.17, 15) is 10.5 Å². The quantitative estimate of drug-likeness (QED) is 0.0196. The number of ether oxygens (including phenoxy) is 2. The summed E-state index contributed by atoms with van der Waals surface area (Å²) in [5, 5.41) is 74.3. The molecule has 9 aromatic carbocycles. The summed E-state index contributed by atoms with van der Waals surface area (Å²) in [6, 6.07) is 72.1. The SMILES string of the molecule is C1CCOC1.C1CCOC1.CC(C)N=C([N-]c1cccc2cccc([N-]C(=NC(C)C)NC(C)C)c12)NC(C)C.CC(C)N=C([N-]c1cccc2cccc([N-]C(=NC(C)C)NC(C)C)c12)NC(C)C.Cc1ccccc1.Cc1ccccc1.N#C/C(C(=N)Cc1ccc(Cl)cc1)=C1/C=CC(Cl)=C[CH+]1.N#C[C+](C(=N)Cc1ccc(Cl)cc1)c1ccc(Cl)cc1.[Yb].[Yb]. The van der Waals surface area contributed by atoms with Crippen molar-refractivity contribution in [2.24, 2.45) is 20.0 Å². The standard InChI is InChI=1S/2C24H36N6.2C16H11Cl2N2.2C7H8.2C4H8O.2Yb/c2*1-15(2)25-23(26-16(3)4)29-20-13-9-11-19-12-10-14-21(22(19)20)30-24(27-17(5)6)28-18(7)8;2*17-13-5-1-11(2-6-13)9-16(20)15(10-19)12-3-7-14(18)8-4-12;2*1-7-5-3-2-4-6-7;2*1-2-4-5-3-1;;/h2*9-18H,1-8H3,(H2-2,25,26,27,28,29,30);2*1-8,20H,9H2;2*2-6H,1H3;2*1-4H2;;/q2*-2;2*+1;;;;;;. The Bertz CT molecular complexity index is 4660. The van der Waals surface area contributed by atoms with E-state index in [1.165, 1.54) is 36.8 Å². The zero-order valence-corrected chi connectivity index (χ0v) is 82.4. The Kier molecular flexibility index (Phi) is 56.1. The van der Waals surface area contributed by atoms with Crippen LogP contribution in [0.2, 0.25) is 15.1 Å². The molecule has 0 bridgehead atoms. The first-order valence-electron chi connectivity index (χ1n) is 42.5. The molecule has 0 saturated carbocycles. The van der Waals surface area contributed by atoms with E-state index in [4.69, 9.17) is 88.0 Å². The van der Waals surface area contributed by atoms with Crippen LogP contribution in [0.25, 0.3) is 42.8 Å². The van der Waals surface area contributed by atoms with Crippen molar-refractivity contribution in [3.8, 4) is 12.1 Å². The summed E-state index contributed by atoms with van der Waals surface area (Å²) >= 11 is 23.3. The maximum atomic E-state index is 9.26. The van der Waals surface area contributed by atoms with Gasteiger partial charge < -0.3 is 72.0 Å². The van der Waals surface area contributed by atoms with E-state index >= 15 is 0 Å². The Morgan fingerprint density at radius 3 is 0.976 bits per heavy atom. The molecule has 9 aromatic rings. The van der Waals surface area contributed by atoms with E-state index in [1.54, 1.807) is 73.2 Å². The summed E-state index contributed by atoms with van der Waals surface area (Å²) in [6.45, 7) is 41.2. The van der Waals surface area contributed by atoms with Crippen LogP contribution in [-0.4, -0.2) is 110 Å². The molecule has 3 aliphatic rings. The van der Waals surface area contributed by atoms with Crippen molar-refractivity contribution in [1.29, 1.82) is 21.3 Å². The van der Waals surface area contributed by atoms with E-state index < -0.39 is 0 Å². The van der Waals surface area contributed by atoms with Gasteiger partial charge in [0.1, 0.15) is 16.3 Å². The second-order valence-electron chi connectivity index (χ2n) is 31.6. The minimum atomic E-state index is 0. The van der Waals surface area contributed by atoms with Crippen LogP contribution in [0.3, 0.4) is 0 Å². The Morgan fingerprint density at radius 1 is 0.421 bits per heavy atom. The number of hydrogen-bond acceptors (Lipinski definition) is 10. The minimum absolute atomic E-state index is 0. The average Bonchev–Trinajstić information content (AvgIpc) is 0.806. The van der Waals surface area contributed by atoms with Crippen molar-refractivity contribution < 1.29 is 103 Å². The Hall–Kier alpha value is -8.02. The van der Waals surface area contributed by atoms with Gasteiger partial charge in [-0.3, -0.25) is 10.8 Å². The maximum absolute atomic E-state index is 9.26. The predicted molar refractivity (Wildman–Crippen MR) is 531 cm³/mol. The fourth-order valence-corrected chi connectivity index (χ4v) is 12.1. The van der Waals surface area contributed by atoms with Gasteiger partial charge in [0, 0.05) is 249 Å². The Labute approximate surface area is 849 Å². The van der Waals surface area contributed by atoms with Crippen molar-refractivity contribution in [3.05, 3.63) is 317 Å². The van der Waals surface area contributed by atoms with Gasteiger partial charge in [-0.25, -0.2) is 0 Å². The number of nitriles is 2. The third kappa shape index (κ3) is 46.3. The van der Waals surface area contributed by atoms with E-state index in [0.29, 0.717) is 79.4 Å². The monoisotopic (exact) mass is 2090 g/mol. The van der Waals surface area contributed by atoms with Gasteiger partial charge >= 0.3 is 0 Å². The van der Waals surface area contributed by atoms with Crippen LogP contribution in [0.15, 0.2) is 261 Å². The molecule has 2 fully saturated rings. The zero-order valence-electron chi connectivity index (χ0n) is 76.0. The maximum Gasteiger partial charge on any atom is 0.184 e. The Balaban J connectivity index is 0.000000398. The van der Waals surface area contributed by atoms with Crippen molar-refractivity contribution in [1.82, 2.24) is 21.3 Å². The van der Waals surface area contributed by atoms with Gasteiger partial charge in [-0.1, -0.05) is 314 Å². The molecule has 684 valence electrons. The largest absolute Gasteiger partial charge is 0.437 e. The summed E-state index contributed by atoms with van der Waals surface area (Å²) < 4.78 is 9.89. The summed E-state index contributed by atoms with van der Waals surface area (Å²) in [4.78, 5) is 18.6. The smallest absolute Gasteiger partial charge is 0.184 e. The van der Waals surface area contributed by atoms with E-state index in [0.717, 1.165) is 81.8 Å². The number of benzene rings is 9. The molecule has 6 N–H and O–H groups in total. The number of guanidine groups is 4. The van der Waals surface area contributed by atoms with Crippen LogP contribution >= 0.6 is 46.4 Å². The normalized spacial score (nSPS) is 13.1. The van der Waals surface area contributed by atoms with Crippen LogP contribution in [0, 0.1) is 154 Å². The van der Waals surface area contributed by atoms with Gasteiger partial charge in [0.2, 0.25) is 0 Å². The first kappa shape index (κ1) is 112. The summed E-state index contributed by atoms with van der Waals surface area (Å²) in [5.41, 5.74) is 10.2. The van der Waals surface area contributed by atoms with Crippen molar-refractivity contribution in [3.63, 3.8) is 0 Å². The molecule has 2 aliphatic heterocycles. The summed E-state index contributed by atoms with van der Waals surface area (Å²) in [6.07, 6.45) is 12.8. The van der Waals surface area contributed by atoms with Crippen LogP contribution in [0.5, 0.6) is 0 Å². The second-order valence-corrected chi connectivity index (χ2v) is 33.4. The number of fused-ring (bicyclic) bond motifs is 2. The minimum Gasteiger partial charge on any atom is -0.437 e. The molecular weight excluding hydrogens is 1970 g/mol. The summed E-state index contributed by atoms with van der Waals surface area (Å²) in [5.74, 6) is 2.91. The molecule has 0 spiro atoms. The number of hydrogen-bond donors (Lipinski definition) is 6. The molecule has 2 heterocycles. The van der Waals surface area contributed by atoms with Crippen LogP contribution in [0.1, 0.15) is 164 Å². The van der Waals surface area contributed by atoms with Gasteiger partial charge in [-0.2, -0.15) is 10.5 Å². The van der Waals surface area contributed by atoms with Gasteiger partial charge in [0.05, 0.1) is 10.7 Å². The molecule has 2 saturated heterocycles. The molecular formula is C102H126Cl4N16O2Yb2-2. The van der Waals surface area contributed by atoms with Crippen LogP contribution < -0.4 is 21.3 Å². The first-order chi connectivity index (χ1) is 59.3. The molecule has 0 radical (unpaired) electrons. The van der Waals surface area contributed by atoms with Crippen molar-refractivity contribution in [2.45, 2.75) is 211 Å². The first-order valence-corrected chi connectivity index (χ1v) is 44.0. The van der Waals surface area contributed by atoms with Gasteiger partial charge in [-0.15, -0.1) is 0 Å². The fourth-order valence-electron chi connectivity index (χ4n) is 11.6. The van der Waals surface area contributed by atoms with Gasteiger partial charge in [0.15, 0.2) is 29.2 Å². The molecule has 0 unspecified atom stereocenters. The van der Waals surface area contributed by atoms with E-state index in [1.807, 2.05) is 165 Å². The van der Waals surface area contributed by atoms with Crippen LogP contribution in [-0.2, 0) is 22.3 Å². The third-order valence-corrected chi connectivity index (χ3v) is 18.0. The number of halogens is 4. The van der Waals surface area contributed by atoms with E-state index in [2.05, 4.69) is 171 Å². The van der Waals surface area contributed by atoms with Crippen molar-refractivity contribution in [2.75, 3.05) is 26.4 Å². The van der Waals surface area contributed by atoms with Crippen LogP contribution in [0.4, 0.5) is 22.7 Å². The molecule has 0 aromatic heterocycles. The number of aryl methyl sites for hydroxylation is 2. The van der Waals surface area contributed by atoms with Gasteiger partial charge in [0.25, 0.3) is 0 Å². The molecule has 126 heavy (non-hydrogen) atoms. The third-order valence-electron chi connectivity index (χ3n) is 17.0.